The van der Waals surface area contributed by atoms with E-state index in [4.69, 9.17) is 14.2 Å². The Morgan fingerprint density at radius 2 is 1.07 bits per heavy atom. The third kappa shape index (κ3) is 0.906. The third-order valence-corrected chi connectivity index (χ3v) is 3.07. The van der Waals surface area contributed by atoms with E-state index in [1.807, 2.05) is 0 Å². The molecule has 0 atom stereocenters. The second-order valence-corrected chi connectivity index (χ2v) is 4.08. The molecule has 0 radical (unpaired) electrons. The summed E-state index contributed by atoms with van der Waals surface area (Å²) in [5.41, 5.74) is 0. The van der Waals surface area contributed by atoms with Crippen molar-refractivity contribution < 1.29 is 29.5 Å². The third-order valence-electron chi connectivity index (χ3n) is 3.07. The highest BCUT2D eigenvalue weighted by Crippen LogP contribution is 2.44. The summed E-state index contributed by atoms with van der Waals surface area (Å²) in [5.74, 6) is -1.24. The van der Waals surface area contributed by atoms with Crippen LogP contribution in [0.3, 0.4) is 0 Å². The van der Waals surface area contributed by atoms with Crippen LogP contribution in [0, 0.1) is 0 Å². The van der Waals surface area contributed by atoms with Crippen molar-refractivity contribution in [2.75, 3.05) is 0 Å². The Bertz CT molecular complexity index is 216. The van der Waals surface area contributed by atoms with E-state index in [2.05, 4.69) is 0 Å². The van der Waals surface area contributed by atoms with E-state index in [9.17, 15) is 15.3 Å². The molecule has 4 bridgehead atoms. The lowest BCUT2D eigenvalue weighted by molar-refractivity contribution is -0.531. The number of aliphatic hydroxyl groups excluding tert-OH is 3. The van der Waals surface area contributed by atoms with Gasteiger partial charge in [0.15, 0.2) is 0 Å². The normalized spacial score (nSPS) is 66.0. The van der Waals surface area contributed by atoms with Crippen LogP contribution in [-0.2, 0) is 14.2 Å². The van der Waals surface area contributed by atoms with Gasteiger partial charge in [-0.1, -0.05) is 0 Å². The Balaban J connectivity index is 2.00. The number of hydrogen-bond donors (Lipinski definition) is 3. The predicted octanol–water partition coefficient (Wildman–Crippen LogP) is -2.06. The molecule has 4 fully saturated rings. The highest BCUT2D eigenvalue weighted by atomic mass is 16.9. The van der Waals surface area contributed by atoms with Crippen molar-refractivity contribution in [3.05, 3.63) is 0 Å². The van der Waals surface area contributed by atoms with Gasteiger partial charge in [-0.15, -0.1) is 0 Å². The zero-order valence-electron chi connectivity index (χ0n) is 7.53. The smallest absolute Gasteiger partial charge is 0.281 e. The first-order valence-electron chi connectivity index (χ1n) is 4.59. The topological polar surface area (TPSA) is 88.4 Å². The molecule has 3 saturated heterocycles. The summed E-state index contributed by atoms with van der Waals surface area (Å²) in [6, 6.07) is 0. The van der Waals surface area contributed by atoms with Gasteiger partial charge in [0.1, 0.15) is 36.6 Å². The van der Waals surface area contributed by atoms with Crippen LogP contribution < -0.4 is 0 Å². The minimum atomic E-state index is -1.24. The first kappa shape index (κ1) is 9.02. The fraction of sp³-hybridized carbons (Fsp3) is 1.00. The zero-order valence-corrected chi connectivity index (χ0v) is 7.53. The first-order valence-corrected chi connectivity index (χ1v) is 4.59. The molecule has 0 aromatic heterocycles. The SMILES string of the molecule is CC12OC3C(O)[C@H](O1)C(O)[C@@H](O2)[C@@H]3O. The van der Waals surface area contributed by atoms with Crippen LogP contribution in [0.15, 0.2) is 0 Å². The molecule has 6 heteroatoms. The lowest BCUT2D eigenvalue weighted by Gasteiger charge is -2.59. The summed E-state index contributed by atoms with van der Waals surface area (Å²) in [4.78, 5) is 0. The highest BCUT2D eigenvalue weighted by molar-refractivity contribution is 5.06. The number of rotatable bonds is 0. The molecule has 0 amide bonds. The minimum absolute atomic E-state index is 0.735. The van der Waals surface area contributed by atoms with Crippen molar-refractivity contribution in [1.29, 1.82) is 0 Å². The van der Waals surface area contributed by atoms with Gasteiger partial charge in [-0.3, -0.25) is 0 Å². The minimum Gasteiger partial charge on any atom is -0.387 e. The van der Waals surface area contributed by atoms with E-state index in [-0.39, 0.29) is 0 Å². The molecule has 3 N–H and O–H groups in total. The van der Waals surface area contributed by atoms with E-state index in [1.54, 1.807) is 6.92 Å². The number of hydrogen-bond acceptors (Lipinski definition) is 6. The van der Waals surface area contributed by atoms with Gasteiger partial charge in [-0.2, -0.15) is 0 Å². The van der Waals surface area contributed by atoms with E-state index in [1.165, 1.54) is 0 Å². The van der Waals surface area contributed by atoms with E-state index < -0.39 is 42.6 Å². The number of ether oxygens (including phenoxy) is 3. The zero-order chi connectivity index (χ0) is 10.1. The molecule has 3 heterocycles. The molecule has 0 aromatic rings. The molecule has 14 heavy (non-hydrogen) atoms. The van der Waals surface area contributed by atoms with E-state index >= 15 is 0 Å². The van der Waals surface area contributed by atoms with Gasteiger partial charge < -0.3 is 29.5 Å². The molecular weight excluding hydrogens is 192 g/mol. The van der Waals surface area contributed by atoms with Crippen molar-refractivity contribution in [3.8, 4) is 0 Å². The van der Waals surface area contributed by atoms with Gasteiger partial charge >= 0.3 is 0 Å². The second kappa shape index (κ2) is 2.46. The summed E-state index contributed by atoms with van der Waals surface area (Å²) >= 11 is 0. The van der Waals surface area contributed by atoms with Crippen molar-refractivity contribution in [2.45, 2.75) is 49.5 Å². The lowest BCUT2D eigenvalue weighted by atomic mass is 9.82. The predicted molar refractivity (Wildman–Crippen MR) is 41.0 cm³/mol. The second-order valence-electron chi connectivity index (χ2n) is 4.08. The molecule has 3 aliphatic heterocycles. The molecule has 0 unspecified atom stereocenters. The maximum atomic E-state index is 9.66. The maximum Gasteiger partial charge on any atom is 0.281 e. The van der Waals surface area contributed by atoms with Crippen molar-refractivity contribution in [3.63, 3.8) is 0 Å². The quantitative estimate of drug-likeness (QED) is 0.420. The molecule has 4 rings (SSSR count). The standard InChI is InChI=1S/C8H12O6/c1-8-12-5-2(9)6(13-8)4(11)7(14-8)3(5)10/h2-7,9-11H,1H3/t2-,3?,4?,5-,6?,7+,8?/m0/s1. The summed E-state index contributed by atoms with van der Waals surface area (Å²) in [7, 11) is 0. The largest absolute Gasteiger partial charge is 0.387 e. The molecule has 4 aliphatic rings. The number of aliphatic hydroxyl groups is 3. The molecule has 1 saturated carbocycles. The Labute approximate surface area is 80.0 Å². The van der Waals surface area contributed by atoms with Crippen molar-refractivity contribution >= 4 is 0 Å². The summed E-state index contributed by atoms with van der Waals surface area (Å²) in [6.07, 6.45) is -5.22. The molecular formula is C8H12O6. The Morgan fingerprint density at radius 1 is 0.786 bits per heavy atom. The van der Waals surface area contributed by atoms with Gasteiger partial charge in [0.25, 0.3) is 5.97 Å². The van der Waals surface area contributed by atoms with Gasteiger partial charge in [-0.25, -0.2) is 0 Å². The molecule has 80 valence electrons. The monoisotopic (exact) mass is 204 g/mol. The van der Waals surface area contributed by atoms with E-state index in [0.717, 1.165) is 0 Å². The van der Waals surface area contributed by atoms with Gasteiger partial charge in [0.05, 0.1) is 0 Å². The Kier molecular flexibility index (Phi) is 1.59. The van der Waals surface area contributed by atoms with Crippen LogP contribution in [0.2, 0.25) is 0 Å². The average molecular weight is 204 g/mol. The molecule has 6 nitrogen and oxygen atoms in total. The van der Waals surface area contributed by atoms with Crippen LogP contribution >= 0.6 is 0 Å². The Morgan fingerprint density at radius 3 is 1.36 bits per heavy atom. The van der Waals surface area contributed by atoms with Crippen LogP contribution in [0.25, 0.3) is 0 Å². The van der Waals surface area contributed by atoms with Crippen LogP contribution in [-0.4, -0.2) is 57.9 Å². The summed E-state index contributed by atoms with van der Waals surface area (Å²) in [5, 5.41) is 29.0. The molecule has 1 aliphatic carbocycles. The maximum absolute atomic E-state index is 9.66. The van der Waals surface area contributed by atoms with Gasteiger partial charge in [0.2, 0.25) is 0 Å². The van der Waals surface area contributed by atoms with Gasteiger partial charge in [-0.05, 0) is 0 Å². The van der Waals surface area contributed by atoms with Crippen LogP contribution in [0.1, 0.15) is 6.92 Å². The molecule has 0 aromatic carbocycles. The van der Waals surface area contributed by atoms with Crippen LogP contribution in [0.4, 0.5) is 0 Å². The van der Waals surface area contributed by atoms with Gasteiger partial charge in [0, 0.05) is 6.92 Å². The lowest BCUT2D eigenvalue weighted by Crippen LogP contribution is -2.78. The van der Waals surface area contributed by atoms with Crippen molar-refractivity contribution in [2.24, 2.45) is 0 Å². The Hall–Kier alpha value is -0.240. The molecule has 0 spiro atoms. The fourth-order valence-corrected chi connectivity index (χ4v) is 2.41. The first-order chi connectivity index (χ1) is 6.52. The average Bonchev–Trinajstić information content (AvgIpc) is 2.14. The summed E-state index contributed by atoms with van der Waals surface area (Å²) < 4.78 is 15.7. The fourth-order valence-electron chi connectivity index (χ4n) is 2.41. The highest BCUT2D eigenvalue weighted by Gasteiger charge is 2.65. The van der Waals surface area contributed by atoms with Crippen molar-refractivity contribution in [1.82, 2.24) is 0 Å². The van der Waals surface area contributed by atoms with Crippen LogP contribution in [0.5, 0.6) is 0 Å². The summed E-state index contributed by atoms with van der Waals surface area (Å²) in [6.45, 7) is 1.56. The van der Waals surface area contributed by atoms with E-state index in [0.29, 0.717) is 0 Å².